The Labute approximate surface area is 194 Å². The summed E-state index contributed by atoms with van der Waals surface area (Å²) >= 11 is 0. The number of rotatable bonds is 7. The normalized spacial score (nSPS) is 12.5. The van der Waals surface area contributed by atoms with Crippen LogP contribution in [0.3, 0.4) is 0 Å². The van der Waals surface area contributed by atoms with Gasteiger partial charge < -0.3 is 0 Å². The van der Waals surface area contributed by atoms with Gasteiger partial charge in [-0.2, -0.15) is 0 Å². The molecule has 3 aromatic rings. The topological polar surface area (TPSA) is 63.8 Å². The van der Waals surface area contributed by atoms with Crippen LogP contribution in [0.25, 0.3) is 5.57 Å². The first-order valence-electron chi connectivity index (χ1n) is 10.5. The second kappa shape index (κ2) is 10.9. The summed E-state index contributed by atoms with van der Waals surface area (Å²) in [6, 6.07) is 28.9. The standard InChI is InChI=1S/C27H23N2O3P/c1-21-12-14-22(15-13-21)27(20-28)23-16-18-24(19-17-23)29-32-33(30-25-8-4-2-5-9-25)31-26-10-6-3-7-11-26/h2-19H,33H2,1H3. The van der Waals surface area contributed by atoms with Crippen LogP contribution in [0.4, 0.5) is 0 Å². The molecule has 0 bridgehead atoms. The minimum absolute atomic E-state index is 0.603. The van der Waals surface area contributed by atoms with Crippen LogP contribution in [-0.2, 0) is 4.62 Å². The Morgan fingerprint density at radius 2 is 1.30 bits per heavy atom. The van der Waals surface area contributed by atoms with E-state index in [1.807, 2.05) is 104 Å². The average molecular weight is 454 g/mol. The van der Waals surface area contributed by atoms with Gasteiger partial charge in [0.2, 0.25) is 0 Å². The molecule has 0 radical (unpaired) electrons. The summed E-state index contributed by atoms with van der Waals surface area (Å²) < 4.78 is 17.6. The Balaban J connectivity index is 1.49. The fraction of sp³-hybridized carbons (Fsp3) is 0.0370. The fourth-order valence-corrected chi connectivity index (χ4v) is 4.20. The van der Waals surface area contributed by atoms with Gasteiger partial charge in [0.25, 0.3) is 0 Å². The second-order valence-electron chi connectivity index (χ2n) is 7.25. The van der Waals surface area contributed by atoms with Gasteiger partial charge in [0.05, 0.1) is 0 Å². The Kier molecular flexibility index (Phi) is 7.33. The van der Waals surface area contributed by atoms with Crippen LogP contribution in [0.2, 0.25) is 0 Å². The maximum absolute atomic E-state index is 9.67. The van der Waals surface area contributed by atoms with Gasteiger partial charge in [-0.15, -0.1) is 0 Å². The van der Waals surface area contributed by atoms with Gasteiger partial charge in [0.15, 0.2) is 0 Å². The summed E-state index contributed by atoms with van der Waals surface area (Å²) in [6.45, 7) is 2.02. The molecule has 0 saturated carbocycles. The molecule has 0 fully saturated rings. The number of nitriles is 1. The van der Waals surface area contributed by atoms with Crippen molar-refractivity contribution in [3.63, 3.8) is 0 Å². The van der Waals surface area contributed by atoms with Gasteiger partial charge >= 0.3 is 194 Å². The first-order valence-corrected chi connectivity index (χ1v) is 11.9. The first kappa shape index (κ1) is 22.1. The Morgan fingerprint density at radius 3 is 1.82 bits per heavy atom. The number of oxime groups is 1. The van der Waals surface area contributed by atoms with E-state index in [9.17, 15) is 5.26 Å². The summed E-state index contributed by atoms with van der Waals surface area (Å²) in [5.41, 5.74) is 4.05. The van der Waals surface area contributed by atoms with E-state index in [1.165, 1.54) is 0 Å². The molecular weight excluding hydrogens is 431 g/mol. The van der Waals surface area contributed by atoms with Gasteiger partial charge in [-0.05, 0) is 0 Å². The van der Waals surface area contributed by atoms with E-state index in [4.69, 9.17) is 13.7 Å². The molecule has 6 heteroatoms. The number of benzene rings is 3. The average Bonchev–Trinajstić information content (AvgIpc) is 2.86. The predicted octanol–water partition coefficient (Wildman–Crippen LogP) is 6.62. The summed E-state index contributed by atoms with van der Waals surface area (Å²) in [4.78, 5) is 0. The first-order chi connectivity index (χ1) is 16.2. The molecule has 5 nitrogen and oxygen atoms in total. The Bertz CT molecular complexity index is 1180. The van der Waals surface area contributed by atoms with Crippen molar-refractivity contribution in [1.29, 1.82) is 5.26 Å². The number of para-hydroxylation sites is 2. The second-order valence-corrected chi connectivity index (χ2v) is 8.51. The van der Waals surface area contributed by atoms with Crippen LogP contribution < -0.4 is 9.05 Å². The monoisotopic (exact) mass is 454 g/mol. The molecule has 3 aromatic carbocycles. The van der Waals surface area contributed by atoms with Crippen molar-refractivity contribution in [2.24, 2.45) is 5.16 Å². The van der Waals surface area contributed by atoms with Gasteiger partial charge in [-0.1, -0.05) is 0 Å². The SMILES string of the molecule is Cc1ccc(C(C#N)=C2C=CC(=NO[PH2](Oc3ccccc3)Oc3ccccc3)C=C2)cc1. The van der Waals surface area contributed by atoms with E-state index in [1.54, 1.807) is 12.2 Å². The molecule has 0 amide bonds. The molecule has 0 aromatic heterocycles. The molecule has 0 unspecified atom stereocenters. The summed E-state index contributed by atoms with van der Waals surface area (Å²) in [5, 5.41) is 13.9. The molecule has 164 valence electrons. The van der Waals surface area contributed by atoms with Crippen LogP contribution in [-0.4, -0.2) is 5.71 Å². The van der Waals surface area contributed by atoms with Crippen LogP contribution in [0, 0.1) is 18.3 Å². The zero-order chi connectivity index (χ0) is 22.9. The number of nitrogens with zero attached hydrogens (tertiary/aromatic N) is 2. The number of aryl methyl sites for hydroxylation is 1. The summed E-state index contributed by atoms with van der Waals surface area (Å²) in [7, 11) is -2.67. The van der Waals surface area contributed by atoms with Crippen molar-refractivity contribution < 1.29 is 13.7 Å². The van der Waals surface area contributed by atoms with Gasteiger partial charge in [-0.25, -0.2) is 0 Å². The number of hydrogen-bond acceptors (Lipinski definition) is 5. The molecule has 0 heterocycles. The van der Waals surface area contributed by atoms with E-state index in [0.717, 1.165) is 16.7 Å². The quantitative estimate of drug-likeness (QED) is 0.229. The van der Waals surface area contributed by atoms with Crippen molar-refractivity contribution in [1.82, 2.24) is 0 Å². The molecule has 0 spiro atoms. The number of allylic oxidation sites excluding steroid dienone is 6. The van der Waals surface area contributed by atoms with Crippen molar-refractivity contribution in [2.45, 2.75) is 6.92 Å². The van der Waals surface area contributed by atoms with E-state index in [0.29, 0.717) is 22.8 Å². The third-order valence-electron chi connectivity index (χ3n) is 4.80. The van der Waals surface area contributed by atoms with Crippen LogP contribution in [0.1, 0.15) is 11.1 Å². The maximum atomic E-state index is 9.67. The van der Waals surface area contributed by atoms with Crippen molar-refractivity contribution in [2.75, 3.05) is 0 Å². The molecule has 1 aliphatic rings. The van der Waals surface area contributed by atoms with E-state index >= 15 is 0 Å². The van der Waals surface area contributed by atoms with Gasteiger partial charge in [-0.3, -0.25) is 0 Å². The minimum atomic E-state index is -2.67. The fourth-order valence-electron chi connectivity index (χ4n) is 3.10. The van der Waals surface area contributed by atoms with Crippen LogP contribution in [0.15, 0.2) is 120 Å². The Hall–Kier alpha value is -4.13. The molecule has 4 rings (SSSR count). The number of hydrogen-bond donors (Lipinski definition) is 0. The van der Waals surface area contributed by atoms with Gasteiger partial charge in [0, 0.05) is 0 Å². The molecule has 0 N–H and O–H groups in total. The molecule has 0 atom stereocenters. The summed E-state index contributed by atoms with van der Waals surface area (Å²) in [5.74, 6) is 1.31. The zero-order valence-corrected chi connectivity index (χ0v) is 19.2. The third-order valence-corrected chi connectivity index (χ3v) is 6.01. The molecular formula is C27H23N2O3P. The summed E-state index contributed by atoms with van der Waals surface area (Å²) in [6.07, 6.45) is 7.31. The zero-order valence-electron chi connectivity index (χ0n) is 18.1. The molecule has 33 heavy (non-hydrogen) atoms. The van der Waals surface area contributed by atoms with Gasteiger partial charge in [0.1, 0.15) is 0 Å². The predicted molar refractivity (Wildman–Crippen MR) is 134 cm³/mol. The molecule has 1 aliphatic carbocycles. The van der Waals surface area contributed by atoms with E-state index < -0.39 is 8.60 Å². The van der Waals surface area contributed by atoms with Crippen LogP contribution in [0.5, 0.6) is 11.5 Å². The molecule has 0 saturated heterocycles. The molecule has 0 aliphatic heterocycles. The third kappa shape index (κ3) is 6.20. The van der Waals surface area contributed by atoms with Crippen molar-refractivity contribution in [3.05, 3.63) is 126 Å². The Morgan fingerprint density at radius 1 is 0.758 bits per heavy atom. The van der Waals surface area contributed by atoms with Crippen LogP contribution >= 0.6 is 8.60 Å². The van der Waals surface area contributed by atoms with Crippen molar-refractivity contribution in [3.8, 4) is 17.6 Å². The van der Waals surface area contributed by atoms with E-state index in [2.05, 4.69) is 11.2 Å². The van der Waals surface area contributed by atoms with E-state index in [-0.39, 0.29) is 0 Å². The van der Waals surface area contributed by atoms with Crippen molar-refractivity contribution >= 4 is 19.9 Å².